The molecule has 0 aliphatic carbocycles. The molecule has 24 nitrogen and oxygen atoms in total. The Balaban J connectivity index is 0.000000398. The van der Waals surface area contributed by atoms with Crippen LogP contribution in [0.3, 0.4) is 0 Å². The average molecular weight is 1960 g/mol. The first-order chi connectivity index (χ1) is 53.1. The quantitative estimate of drug-likeness (QED) is 0.0136. The second-order valence-electron chi connectivity index (χ2n) is 27.0. The zero-order valence-electron chi connectivity index (χ0n) is 64.2. The molecule has 0 aliphatic heterocycles. The lowest BCUT2D eigenvalue weighted by Crippen LogP contribution is -2.16. The number of rotatable bonds is 26. The Morgan fingerprint density at radius 3 is 1.07 bits per heavy atom. The standard InChI is InChI=1S/C21H23Br2NO5.C20H19Br2NO6.C20H20Cl3NO4.C20H21Cl2NO5.2CH4/c1-5-12-6-13(7-14(10(2)3)20(12)28)29-21-15(22)8-16(11(4)19(21)23)24-17(25)9-18(26)27;1-9(2)13-5-12(4-11(8-24)19(13)28)29-20-14(21)6-15(10(3)18(20)22)23-16(25)7-17(26)27;1-9(2)13-7-12(5-10(3)19(13)27)28-20-14(21)8-15(17(22)18(20)23)24-16(26)6-11(4)25;1-9(2)13-6-12(5-10(3)19(13)27)28-20-14(21)7-15(11(4)18(20)22)23-16(24)8-17(25)26;;/h6-8,10,28H,5,9H2,1-4H3,(H,24,25)(H,26,27);4-6,8-9,28H,7H2,1-3H3,(H,23,25)(H,26,27);5,7-9,27H,6H2,1-4H3,(H,24,26);5-7,9,27H,8H2,1-4H3,(H,23,24)(H,25,26);2*1H4. The Morgan fingerprint density at radius 2 is 0.716 bits per heavy atom. The number of benzene rings is 8. The van der Waals surface area contributed by atoms with E-state index in [9.17, 15) is 63.6 Å². The molecule has 0 saturated carbocycles. The largest absolute Gasteiger partial charge is 0.507 e. The summed E-state index contributed by atoms with van der Waals surface area (Å²) in [5, 5.41) is 77.9. The van der Waals surface area contributed by atoms with Gasteiger partial charge < -0.3 is 76.0 Å². The molecule has 626 valence electrons. The first-order valence-electron chi connectivity index (χ1n) is 34.6. The van der Waals surface area contributed by atoms with Crippen LogP contribution in [0.15, 0.2) is 90.7 Å². The van der Waals surface area contributed by atoms with E-state index in [1.807, 2.05) is 68.4 Å². The molecule has 11 N–H and O–H groups in total. The minimum Gasteiger partial charge on any atom is -0.507 e. The van der Waals surface area contributed by atoms with Gasteiger partial charge in [0.05, 0.1) is 55.7 Å². The zero-order chi connectivity index (χ0) is 86.1. The molecule has 4 amide bonds. The molecule has 0 fully saturated rings. The highest BCUT2D eigenvalue weighted by Gasteiger charge is 2.26. The van der Waals surface area contributed by atoms with Crippen molar-refractivity contribution >= 4 is 198 Å². The molecule has 0 spiro atoms. The van der Waals surface area contributed by atoms with E-state index in [0.29, 0.717) is 121 Å². The van der Waals surface area contributed by atoms with Gasteiger partial charge in [0, 0.05) is 39.3 Å². The van der Waals surface area contributed by atoms with Gasteiger partial charge in [0.15, 0.2) is 29.3 Å². The van der Waals surface area contributed by atoms with Crippen molar-refractivity contribution in [2.45, 2.75) is 174 Å². The van der Waals surface area contributed by atoms with Crippen LogP contribution >= 0.6 is 122 Å². The number of anilines is 4. The third-order valence-corrected chi connectivity index (χ3v) is 21.6. The van der Waals surface area contributed by atoms with Crippen molar-refractivity contribution in [1.82, 2.24) is 0 Å². The van der Waals surface area contributed by atoms with Gasteiger partial charge in [0.1, 0.15) is 76.1 Å². The van der Waals surface area contributed by atoms with Gasteiger partial charge in [-0.3, -0.25) is 43.2 Å². The topological polar surface area (TPSA) is 380 Å². The Morgan fingerprint density at radius 1 is 0.405 bits per heavy atom. The van der Waals surface area contributed by atoms with Crippen molar-refractivity contribution in [2.75, 3.05) is 21.3 Å². The molecule has 0 heterocycles. The fraction of sp³-hybridized carbons (Fsp3) is 0.313. The van der Waals surface area contributed by atoms with Gasteiger partial charge in [-0.2, -0.15) is 0 Å². The number of aliphatic carboxylic acids is 3. The summed E-state index contributed by atoms with van der Waals surface area (Å²) in [5.41, 5.74) is 8.24. The highest BCUT2D eigenvalue weighted by molar-refractivity contribution is 9.11. The van der Waals surface area contributed by atoms with E-state index in [-0.39, 0.29) is 116 Å². The summed E-state index contributed by atoms with van der Waals surface area (Å²) in [4.78, 5) is 102. The molecule has 0 radical (unpaired) electrons. The van der Waals surface area contributed by atoms with Crippen LogP contribution in [0, 0.1) is 34.6 Å². The third-order valence-electron chi connectivity index (χ3n) is 16.6. The lowest BCUT2D eigenvalue weighted by atomic mass is 9.97. The molecular weight excluding hydrogens is 1870 g/mol. The maximum absolute atomic E-state index is 11.8. The van der Waals surface area contributed by atoms with Crippen LogP contribution in [-0.2, 0) is 44.8 Å². The number of halogens is 9. The normalized spacial score (nSPS) is 10.6. The van der Waals surface area contributed by atoms with E-state index in [1.165, 1.54) is 25.1 Å². The van der Waals surface area contributed by atoms with Crippen molar-refractivity contribution < 1.29 is 97.8 Å². The maximum Gasteiger partial charge on any atom is 0.312 e. The molecule has 0 bridgehead atoms. The Bertz CT molecular complexity index is 4920. The number of phenols is 4. The number of carboxylic acid groups (broad SMARTS) is 3. The van der Waals surface area contributed by atoms with Gasteiger partial charge in [-0.1, -0.05) is 135 Å². The van der Waals surface area contributed by atoms with Crippen molar-refractivity contribution in [1.29, 1.82) is 0 Å². The number of carboxylic acids is 3. The number of nitrogens with one attached hydrogen (secondary N) is 4. The summed E-state index contributed by atoms with van der Waals surface area (Å²) in [6, 6.07) is 19.6. The highest BCUT2D eigenvalue weighted by atomic mass is 79.9. The number of ketones is 1. The monoisotopic (exact) mass is 1950 g/mol. The van der Waals surface area contributed by atoms with Crippen LogP contribution in [0.5, 0.6) is 69.0 Å². The van der Waals surface area contributed by atoms with Gasteiger partial charge in [0.25, 0.3) is 0 Å². The number of aldehydes is 1. The van der Waals surface area contributed by atoms with Crippen LogP contribution in [0.25, 0.3) is 0 Å². The lowest BCUT2D eigenvalue weighted by Gasteiger charge is -2.18. The smallest absolute Gasteiger partial charge is 0.312 e. The average Bonchev–Trinajstić information content (AvgIpc) is 0.806. The summed E-state index contributed by atoms with van der Waals surface area (Å²) in [6.07, 6.45) is -0.986. The predicted octanol–water partition coefficient (Wildman–Crippen LogP) is 24.9. The van der Waals surface area contributed by atoms with Gasteiger partial charge in [-0.15, -0.1) is 0 Å². The number of aromatic hydroxyl groups is 4. The number of phenolic OH excluding ortho intramolecular Hbond substituents is 4. The predicted molar refractivity (Wildman–Crippen MR) is 469 cm³/mol. The number of Topliss-reactive ketones (excluding diaryl/α,β-unsaturated/α-hetero) is 1. The SMILES string of the molecule is C.C.CC(=O)CC(=O)Nc1cc(Cl)c(Oc2cc(C)c(O)c(C(C)C)c2)c(Cl)c1Cl.CCc1cc(Oc2c(Br)cc(NC(=O)CC(=O)O)c(C)c2Br)cc(C(C)C)c1O.Cc1c(NC(=O)CC(=O)O)cc(Br)c(Oc2cc(C=O)c(O)c(C(C)C)c2)c1Br.Cc1cc(Oc2c(Cl)cc(NC(=O)CC(=O)O)c(C)c2Cl)cc(C(C)C)c1O. The first kappa shape index (κ1) is 101. The molecule has 0 aromatic heterocycles. The van der Waals surface area contributed by atoms with E-state index in [0.717, 1.165) is 22.3 Å². The van der Waals surface area contributed by atoms with Crippen LogP contribution in [0.4, 0.5) is 22.7 Å². The molecule has 0 atom stereocenters. The minimum absolute atomic E-state index is 0. The number of carbonyl (C=O) groups excluding carboxylic acids is 6. The van der Waals surface area contributed by atoms with Crippen LogP contribution in [-0.4, -0.2) is 89.4 Å². The zero-order valence-corrected chi connectivity index (χ0v) is 74.3. The molecule has 0 unspecified atom stereocenters. The van der Waals surface area contributed by atoms with E-state index in [2.05, 4.69) is 85.0 Å². The second kappa shape index (κ2) is 45.2. The molecule has 8 aromatic rings. The first-order valence-corrected chi connectivity index (χ1v) is 39.7. The minimum atomic E-state index is -1.24. The lowest BCUT2D eigenvalue weighted by molar-refractivity contribution is -0.141. The molecule has 8 aromatic carbocycles. The van der Waals surface area contributed by atoms with Crippen molar-refractivity contribution in [3.8, 4) is 69.0 Å². The van der Waals surface area contributed by atoms with Crippen LogP contribution < -0.4 is 40.2 Å². The second-order valence-corrected chi connectivity index (χ2v) is 32.2. The van der Waals surface area contributed by atoms with Gasteiger partial charge >= 0.3 is 17.9 Å². The number of hydrogen-bond acceptors (Lipinski definition) is 17. The molecule has 8 rings (SSSR count). The maximum atomic E-state index is 11.8. The van der Waals surface area contributed by atoms with Crippen molar-refractivity contribution in [3.05, 3.63) is 177 Å². The van der Waals surface area contributed by atoms with E-state index >= 15 is 0 Å². The Hall–Kier alpha value is -8.84. The van der Waals surface area contributed by atoms with Gasteiger partial charge in [-0.25, -0.2) is 0 Å². The number of amides is 4. The van der Waals surface area contributed by atoms with E-state index in [4.69, 9.17) is 92.3 Å². The Labute approximate surface area is 731 Å². The molecular formula is C83H91Br4Cl5N4O20. The highest BCUT2D eigenvalue weighted by Crippen LogP contribution is 2.50. The van der Waals surface area contributed by atoms with Crippen molar-refractivity contribution in [3.63, 3.8) is 0 Å². The fourth-order valence-electron chi connectivity index (χ4n) is 10.6. The van der Waals surface area contributed by atoms with Crippen LogP contribution in [0.2, 0.25) is 25.1 Å². The van der Waals surface area contributed by atoms with E-state index in [1.54, 1.807) is 83.1 Å². The number of carbonyl (C=O) groups is 9. The number of hydrogen-bond donors (Lipinski definition) is 11. The summed E-state index contributed by atoms with van der Waals surface area (Å²) in [7, 11) is 0. The van der Waals surface area contributed by atoms with Crippen LogP contribution in [0.1, 0.15) is 199 Å². The molecule has 33 heteroatoms. The molecule has 116 heavy (non-hydrogen) atoms. The Kier molecular flexibility index (Phi) is 39.5. The number of ether oxygens (including phenoxy) is 4. The molecule has 0 saturated heterocycles. The van der Waals surface area contributed by atoms with Crippen molar-refractivity contribution in [2.24, 2.45) is 0 Å². The van der Waals surface area contributed by atoms with Gasteiger partial charge in [0.2, 0.25) is 23.6 Å². The summed E-state index contributed by atoms with van der Waals surface area (Å²) >= 11 is 45.3. The molecule has 0 aliphatic rings. The van der Waals surface area contributed by atoms with E-state index < -0.39 is 60.8 Å². The number of aryl methyl sites for hydroxylation is 3. The third kappa shape index (κ3) is 27.6. The fourth-order valence-corrected chi connectivity index (χ4v) is 14.5. The van der Waals surface area contributed by atoms with Gasteiger partial charge in [-0.05, 0) is 242 Å². The summed E-state index contributed by atoms with van der Waals surface area (Å²) in [6.45, 7) is 27.6. The summed E-state index contributed by atoms with van der Waals surface area (Å²) < 4.78 is 26.0. The summed E-state index contributed by atoms with van der Waals surface area (Å²) in [5.74, 6) is -2.42.